The lowest BCUT2D eigenvalue weighted by Gasteiger charge is -2.09. The minimum atomic E-state index is -0.243. The van der Waals surface area contributed by atoms with E-state index in [1.807, 2.05) is 6.92 Å². The molecule has 3 nitrogen and oxygen atoms in total. The third-order valence-electron chi connectivity index (χ3n) is 2.51. The van der Waals surface area contributed by atoms with Gasteiger partial charge in [0.05, 0.1) is 12.7 Å². The molecule has 0 aliphatic heterocycles. The molecule has 0 spiro atoms. The van der Waals surface area contributed by atoms with Crippen LogP contribution in [0.1, 0.15) is 24.5 Å². The maximum atomic E-state index is 9.37. The summed E-state index contributed by atoms with van der Waals surface area (Å²) in [7, 11) is 1.70. The minimum Gasteiger partial charge on any atom is -0.392 e. The number of benzene rings is 1. The van der Waals surface area contributed by atoms with Crippen LogP contribution in [0.4, 0.5) is 0 Å². The first-order valence-electron chi connectivity index (χ1n) is 5.71. The maximum Gasteiger partial charge on any atom is 0.0713 e. The van der Waals surface area contributed by atoms with Crippen LogP contribution in [0.5, 0.6) is 0 Å². The molecule has 3 heteroatoms. The van der Waals surface area contributed by atoms with Crippen molar-refractivity contribution in [1.82, 2.24) is 5.32 Å². The Morgan fingerprint density at radius 2 is 1.88 bits per heavy atom. The average molecular weight is 223 g/mol. The van der Waals surface area contributed by atoms with Gasteiger partial charge in [-0.2, -0.15) is 0 Å². The predicted molar refractivity (Wildman–Crippen MR) is 65.2 cm³/mol. The highest BCUT2D eigenvalue weighted by Gasteiger charge is 1.99. The molecule has 1 aromatic carbocycles. The maximum absolute atomic E-state index is 9.37. The van der Waals surface area contributed by atoms with Crippen molar-refractivity contribution >= 4 is 0 Å². The molecule has 0 radical (unpaired) electrons. The summed E-state index contributed by atoms with van der Waals surface area (Å²) < 4.78 is 5.05. The largest absolute Gasteiger partial charge is 0.392 e. The Hall–Kier alpha value is -0.900. The molecule has 0 aromatic heterocycles. The van der Waals surface area contributed by atoms with Gasteiger partial charge in [-0.05, 0) is 17.5 Å². The first-order valence-corrected chi connectivity index (χ1v) is 5.71. The summed E-state index contributed by atoms with van der Waals surface area (Å²) in [6.45, 7) is 4.08. The third kappa shape index (κ3) is 4.75. The lowest BCUT2D eigenvalue weighted by Crippen LogP contribution is -2.25. The van der Waals surface area contributed by atoms with Crippen molar-refractivity contribution in [2.45, 2.75) is 32.6 Å². The summed E-state index contributed by atoms with van der Waals surface area (Å²) in [5.74, 6) is 0. The highest BCUT2D eigenvalue weighted by atomic mass is 16.5. The molecule has 0 heterocycles. The van der Waals surface area contributed by atoms with Gasteiger partial charge in [-0.15, -0.1) is 0 Å². The molecule has 0 amide bonds. The van der Waals surface area contributed by atoms with Crippen molar-refractivity contribution in [3.05, 3.63) is 35.4 Å². The van der Waals surface area contributed by atoms with Gasteiger partial charge in [-0.25, -0.2) is 0 Å². The molecule has 0 saturated heterocycles. The lowest BCUT2D eigenvalue weighted by atomic mass is 10.1. The Bertz CT molecular complexity index is 284. The Balaban J connectivity index is 2.31. The Morgan fingerprint density at radius 3 is 2.44 bits per heavy atom. The van der Waals surface area contributed by atoms with Crippen LogP contribution in [0.15, 0.2) is 24.3 Å². The molecule has 90 valence electrons. The van der Waals surface area contributed by atoms with E-state index in [4.69, 9.17) is 4.74 Å². The van der Waals surface area contributed by atoms with Gasteiger partial charge in [0.15, 0.2) is 0 Å². The van der Waals surface area contributed by atoms with E-state index in [2.05, 4.69) is 29.6 Å². The van der Waals surface area contributed by atoms with Crippen LogP contribution in [0, 0.1) is 0 Å². The second-order valence-electron chi connectivity index (χ2n) is 3.94. The molecule has 1 rings (SSSR count). The van der Waals surface area contributed by atoms with E-state index in [0.29, 0.717) is 13.2 Å². The van der Waals surface area contributed by atoms with Crippen molar-refractivity contribution in [3.8, 4) is 0 Å². The van der Waals surface area contributed by atoms with E-state index in [0.717, 1.165) is 13.0 Å². The monoisotopic (exact) mass is 223 g/mol. The molecule has 16 heavy (non-hydrogen) atoms. The third-order valence-corrected chi connectivity index (χ3v) is 2.51. The second kappa shape index (κ2) is 7.39. The summed E-state index contributed by atoms with van der Waals surface area (Å²) in [4.78, 5) is 0. The molecule has 1 aromatic rings. The Kier molecular flexibility index (Phi) is 6.08. The van der Waals surface area contributed by atoms with Crippen LogP contribution in [0.3, 0.4) is 0 Å². The number of methoxy groups -OCH3 is 1. The van der Waals surface area contributed by atoms with Gasteiger partial charge in [-0.3, -0.25) is 0 Å². The SMILES string of the molecule is CCC(O)CNCc1ccc(COC)cc1. The van der Waals surface area contributed by atoms with Crippen LogP contribution in [0.25, 0.3) is 0 Å². The molecule has 0 saturated carbocycles. The number of rotatable bonds is 7. The average Bonchev–Trinajstić information content (AvgIpc) is 2.31. The first kappa shape index (κ1) is 13.2. The van der Waals surface area contributed by atoms with Gasteiger partial charge in [0.2, 0.25) is 0 Å². The van der Waals surface area contributed by atoms with Crippen LogP contribution in [0.2, 0.25) is 0 Å². The van der Waals surface area contributed by atoms with Crippen molar-refractivity contribution < 1.29 is 9.84 Å². The Morgan fingerprint density at radius 1 is 1.25 bits per heavy atom. The van der Waals surface area contributed by atoms with Crippen molar-refractivity contribution in [1.29, 1.82) is 0 Å². The summed E-state index contributed by atoms with van der Waals surface area (Å²) in [6.07, 6.45) is 0.549. The molecular formula is C13H21NO2. The topological polar surface area (TPSA) is 41.5 Å². The molecule has 0 aliphatic carbocycles. The lowest BCUT2D eigenvalue weighted by molar-refractivity contribution is 0.167. The molecule has 0 fully saturated rings. The van der Waals surface area contributed by atoms with Crippen molar-refractivity contribution in [2.24, 2.45) is 0 Å². The van der Waals surface area contributed by atoms with Gasteiger partial charge < -0.3 is 15.2 Å². The van der Waals surface area contributed by atoms with Gasteiger partial charge in [0.1, 0.15) is 0 Å². The van der Waals surface area contributed by atoms with Crippen LogP contribution >= 0.6 is 0 Å². The number of ether oxygens (including phenoxy) is 1. The number of aliphatic hydroxyl groups excluding tert-OH is 1. The molecule has 1 unspecified atom stereocenters. The zero-order valence-electron chi connectivity index (χ0n) is 10.1. The first-order chi connectivity index (χ1) is 7.76. The summed E-state index contributed by atoms with van der Waals surface area (Å²) >= 11 is 0. The van der Waals surface area contributed by atoms with Gasteiger partial charge >= 0.3 is 0 Å². The molecule has 0 bridgehead atoms. The van der Waals surface area contributed by atoms with Gasteiger partial charge in [0, 0.05) is 20.2 Å². The van der Waals surface area contributed by atoms with E-state index in [1.54, 1.807) is 7.11 Å². The van der Waals surface area contributed by atoms with E-state index in [1.165, 1.54) is 11.1 Å². The van der Waals surface area contributed by atoms with Crippen LogP contribution < -0.4 is 5.32 Å². The fourth-order valence-electron chi connectivity index (χ4n) is 1.45. The number of nitrogens with one attached hydrogen (secondary N) is 1. The zero-order chi connectivity index (χ0) is 11.8. The standard InChI is InChI=1S/C13H21NO2/c1-3-13(15)9-14-8-11-4-6-12(7-5-11)10-16-2/h4-7,13-15H,3,8-10H2,1-2H3. The van der Waals surface area contributed by atoms with Crippen molar-refractivity contribution in [3.63, 3.8) is 0 Å². The minimum absolute atomic E-state index is 0.243. The fourth-order valence-corrected chi connectivity index (χ4v) is 1.45. The van der Waals surface area contributed by atoms with Gasteiger partial charge in [-0.1, -0.05) is 31.2 Å². The van der Waals surface area contributed by atoms with Crippen LogP contribution in [-0.2, 0) is 17.9 Å². The number of aliphatic hydroxyl groups is 1. The quantitative estimate of drug-likeness (QED) is 0.739. The normalized spacial score (nSPS) is 12.7. The van der Waals surface area contributed by atoms with E-state index < -0.39 is 0 Å². The fraction of sp³-hybridized carbons (Fsp3) is 0.538. The number of hydrogen-bond acceptors (Lipinski definition) is 3. The number of hydrogen-bond donors (Lipinski definition) is 2. The van der Waals surface area contributed by atoms with E-state index in [9.17, 15) is 5.11 Å². The molecule has 2 N–H and O–H groups in total. The van der Waals surface area contributed by atoms with Gasteiger partial charge in [0.25, 0.3) is 0 Å². The Labute approximate surface area is 97.4 Å². The smallest absolute Gasteiger partial charge is 0.0713 e. The van der Waals surface area contributed by atoms with E-state index in [-0.39, 0.29) is 6.10 Å². The summed E-state index contributed by atoms with van der Waals surface area (Å²) in [5.41, 5.74) is 2.41. The molecular weight excluding hydrogens is 202 g/mol. The highest BCUT2D eigenvalue weighted by molar-refractivity contribution is 5.21. The molecule has 0 aliphatic rings. The van der Waals surface area contributed by atoms with Crippen molar-refractivity contribution in [2.75, 3.05) is 13.7 Å². The van der Waals surface area contributed by atoms with E-state index >= 15 is 0 Å². The predicted octanol–water partition coefficient (Wildman–Crippen LogP) is 1.69. The van der Waals surface area contributed by atoms with Crippen LogP contribution in [-0.4, -0.2) is 24.9 Å². The second-order valence-corrected chi connectivity index (χ2v) is 3.94. The summed E-state index contributed by atoms with van der Waals surface area (Å²) in [6, 6.07) is 8.30. The highest BCUT2D eigenvalue weighted by Crippen LogP contribution is 2.05. The summed E-state index contributed by atoms with van der Waals surface area (Å²) in [5, 5.41) is 12.6. The molecule has 1 atom stereocenters. The zero-order valence-corrected chi connectivity index (χ0v) is 10.1.